The van der Waals surface area contributed by atoms with Gasteiger partial charge in [0.1, 0.15) is 24.3 Å². The van der Waals surface area contributed by atoms with Gasteiger partial charge in [0, 0.05) is 18.7 Å². The molecule has 1 aliphatic heterocycles. The Morgan fingerprint density at radius 1 is 1.37 bits per heavy atom. The molecule has 154 valence electrons. The lowest BCUT2D eigenvalue weighted by Crippen LogP contribution is -2.41. The maximum Gasteiger partial charge on any atom is 0.261 e. The van der Waals surface area contributed by atoms with Gasteiger partial charge in [-0.2, -0.15) is 10.4 Å². The fraction of sp³-hybridized carbons (Fsp3) is 0.250. The highest BCUT2D eigenvalue weighted by Crippen LogP contribution is 2.41. The Labute approximate surface area is 174 Å². The second-order valence-electron chi connectivity index (χ2n) is 6.79. The van der Waals surface area contributed by atoms with Gasteiger partial charge >= 0.3 is 0 Å². The van der Waals surface area contributed by atoms with Gasteiger partial charge in [-0.25, -0.2) is 8.78 Å². The van der Waals surface area contributed by atoms with E-state index in [1.54, 1.807) is 10.7 Å². The van der Waals surface area contributed by atoms with Gasteiger partial charge in [-0.1, -0.05) is 11.3 Å². The number of fused-ring (bicyclic) bond motifs is 3. The van der Waals surface area contributed by atoms with E-state index < -0.39 is 17.7 Å². The zero-order chi connectivity index (χ0) is 21.3. The third-order valence-corrected chi connectivity index (χ3v) is 5.74. The number of hydrogen-bond acceptors (Lipinski definition) is 6. The third-order valence-electron chi connectivity index (χ3n) is 4.70. The van der Waals surface area contributed by atoms with Crippen molar-refractivity contribution in [2.75, 3.05) is 13.2 Å². The second kappa shape index (κ2) is 8.22. The first-order valence-corrected chi connectivity index (χ1v) is 9.99. The van der Waals surface area contributed by atoms with Crippen molar-refractivity contribution in [3.8, 4) is 22.4 Å². The lowest BCUT2D eigenvalue weighted by atomic mass is 10.1. The van der Waals surface area contributed by atoms with E-state index in [1.165, 1.54) is 18.3 Å². The second-order valence-corrected chi connectivity index (χ2v) is 7.80. The van der Waals surface area contributed by atoms with Gasteiger partial charge in [-0.3, -0.25) is 9.48 Å². The molecule has 1 atom stereocenters. The highest BCUT2D eigenvalue weighted by molar-refractivity contribution is 7.16. The summed E-state index contributed by atoms with van der Waals surface area (Å²) in [5, 5.41) is 16.9. The number of amides is 1. The maximum absolute atomic E-state index is 13.4. The number of carbonyl (C=O) groups is 1. The smallest absolute Gasteiger partial charge is 0.261 e. The minimum Gasteiger partial charge on any atom is -0.481 e. The standard InChI is InChI=1S/C20H17F2N5O2S/c21-13-3-11(4-14(22)6-13)5-15(9-24)26-19(28)17-7-16-18-12(8-23)10-25-27(18)1-2-29-20(16)30-17/h3-4,6-7,10,15H,1-2,5,9,24H2,(H,26,28)/t15-/m0/s1. The van der Waals surface area contributed by atoms with Gasteiger partial charge in [0.25, 0.3) is 5.91 Å². The van der Waals surface area contributed by atoms with E-state index in [2.05, 4.69) is 16.5 Å². The largest absolute Gasteiger partial charge is 0.481 e. The number of rotatable bonds is 5. The van der Waals surface area contributed by atoms with Crippen LogP contribution in [0.25, 0.3) is 11.3 Å². The highest BCUT2D eigenvalue weighted by atomic mass is 32.1. The molecule has 0 radical (unpaired) electrons. The number of thiophene rings is 1. The van der Waals surface area contributed by atoms with E-state index in [1.807, 2.05) is 0 Å². The molecule has 1 aromatic carbocycles. The number of nitrogens with two attached hydrogens (primary N) is 1. The van der Waals surface area contributed by atoms with Gasteiger partial charge in [-0.15, -0.1) is 0 Å². The van der Waals surface area contributed by atoms with E-state index in [0.717, 1.165) is 17.4 Å². The molecule has 3 heterocycles. The molecule has 3 N–H and O–H groups in total. The van der Waals surface area contributed by atoms with Crippen LogP contribution in [0.1, 0.15) is 20.8 Å². The van der Waals surface area contributed by atoms with Crippen LogP contribution in [-0.4, -0.2) is 34.9 Å². The number of ether oxygens (including phenoxy) is 1. The SMILES string of the molecule is N#Cc1cnn2c1-c1cc(C(=O)N[C@H](CN)Cc3cc(F)cc(F)c3)sc1OCC2. The lowest BCUT2D eigenvalue weighted by molar-refractivity contribution is 0.0942. The normalized spacial score (nSPS) is 13.4. The van der Waals surface area contributed by atoms with Crippen LogP contribution in [0.5, 0.6) is 5.06 Å². The van der Waals surface area contributed by atoms with Crippen LogP contribution in [0, 0.1) is 23.0 Å². The number of nitrogens with zero attached hydrogens (tertiary/aromatic N) is 3. The monoisotopic (exact) mass is 429 g/mol. The van der Waals surface area contributed by atoms with Crippen LogP contribution in [0.2, 0.25) is 0 Å². The van der Waals surface area contributed by atoms with E-state index >= 15 is 0 Å². The average Bonchev–Trinajstić information content (AvgIpc) is 3.26. The first kappa shape index (κ1) is 20.0. The molecule has 0 saturated heterocycles. The maximum atomic E-state index is 13.4. The molecular formula is C20H17F2N5O2S. The van der Waals surface area contributed by atoms with Crippen LogP contribution in [-0.2, 0) is 13.0 Å². The van der Waals surface area contributed by atoms with Gasteiger partial charge < -0.3 is 15.8 Å². The summed E-state index contributed by atoms with van der Waals surface area (Å²) >= 11 is 1.16. The molecular weight excluding hydrogens is 412 g/mol. The number of nitriles is 1. The molecule has 0 unspecified atom stereocenters. The molecule has 0 fully saturated rings. The molecule has 1 aliphatic rings. The Hall–Kier alpha value is -3.29. The van der Waals surface area contributed by atoms with E-state index in [4.69, 9.17) is 10.5 Å². The van der Waals surface area contributed by atoms with Crippen molar-refractivity contribution in [1.29, 1.82) is 5.26 Å². The van der Waals surface area contributed by atoms with Gasteiger partial charge in [-0.05, 0) is 30.2 Å². The van der Waals surface area contributed by atoms with Crippen LogP contribution in [0.4, 0.5) is 8.78 Å². The summed E-state index contributed by atoms with van der Waals surface area (Å²) in [6, 6.07) is 6.47. The molecule has 0 saturated carbocycles. The van der Waals surface area contributed by atoms with Crippen LogP contribution in [0.15, 0.2) is 30.5 Å². The summed E-state index contributed by atoms with van der Waals surface area (Å²) in [5.74, 6) is -1.75. The van der Waals surface area contributed by atoms with Crippen molar-refractivity contribution in [3.63, 3.8) is 0 Å². The van der Waals surface area contributed by atoms with E-state index in [9.17, 15) is 18.8 Å². The van der Waals surface area contributed by atoms with Crippen molar-refractivity contribution < 1.29 is 18.3 Å². The fourth-order valence-electron chi connectivity index (χ4n) is 3.37. The number of aromatic nitrogens is 2. The van der Waals surface area contributed by atoms with Crippen LogP contribution in [0.3, 0.4) is 0 Å². The van der Waals surface area contributed by atoms with Gasteiger partial charge in [0.2, 0.25) is 0 Å². The average molecular weight is 429 g/mol. The molecule has 3 aromatic rings. The molecule has 4 rings (SSSR count). The van der Waals surface area contributed by atoms with E-state index in [0.29, 0.717) is 45.5 Å². The summed E-state index contributed by atoms with van der Waals surface area (Å²) in [5.41, 5.74) is 7.81. The predicted molar refractivity (Wildman–Crippen MR) is 106 cm³/mol. The summed E-state index contributed by atoms with van der Waals surface area (Å²) in [7, 11) is 0. The number of hydrogen-bond donors (Lipinski definition) is 2. The van der Waals surface area contributed by atoms with Crippen molar-refractivity contribution in [2.45, 2.75) is 19.0 Å². The Kier molecular flexibility index (Phi) is 5.48. The lowest BCUT2D eigenvalue weighted by Gasteiger charge is -2.16. The first-order chi connectivity index (χ1) is 14.5. The Morgan fingerprint density at radius 2 is 2.13 bits per heavy atom. The molecule has 1 amide bonds. The van der Waals surface area contributed by atoms with Crippen molar-refractivity contribution >= 4 is 17.2 Å². The minimum atomic E-state index is -0.684. The summed E-state index contributed by atoms with van der Waals surface area (Å²) in [4.78, 5) is 13.2. The number of benzene rings is 1. The molecule has 0 bridgehead atoms. The Morgan fingerprint density at radius 3 is 2.83 bits per heavy atom. The van der Waals surface area contributed by atoms with E-state index in [-0.39, 0.29) is 18.9 Å². The quantitative estimate of drug-likeness (QED) is 0.648. The molecule has 7 nitrogen and oxygen atoms in total. The van der Waals surface area contributed by atoms with Gasteiger partial charge in [0.15, 0.2) is 5.06 Å². The van der Waals surface area contributed by atoms with Crippen molar-refractivity contribution in [2.24, 2.45) is 5.73 Å². The van der Waals surface area contributed by atoms with Crippen molar-refractivity contribution in [1.82, 2.24) is 15.1 Å². The minimum absolute atomic E-state index is 0.0941. The highest BCUT2D eigenvalue weighted by Gasteiger charge is 2.26. The Balaban J connectivity index is 1.56. The number of nitrogens with one attached hydrogen (secondary N) is 1. The molecule has 30 heavy (non-hydrogen) atoms. The van der Waals surface area contributed by atoms with Crippen LogP contribution >= 0.6 is 11.3 Å². The summed E-state index contributed by atoms with van der Waals surface area (Å²) in [6.07, 6.45) is 1.67. The van der Waals surface area contributed by atoms with Crippen molar-refractivity contribution in [3.05, 3.63) is 58.1 Å². The fourth-order valence-corrected chi connectivity index (χ4v) is 4.30. The number of carbonyl (C=O) groups excluding carboxylic acids is 1. The predicted octanol–water partition coefficient (Wildman–Crippen LogP) is 2.45. The number of halogens is 2. The topological polar surface area (TPSA) is 106 Å². The zero-order valence-electron chi connectivity index (χ0n) is 15.7. The Bertz CT molecular complexity index is 1130. The van der Waals surface area contributed by atoms with Crippen LogP contribution < -0.4 is 15.8 Å². The molecule has 10 heteroatoms. The van der Waals surface area contributed by atoms with Gasteiger partial charge in [0.05, 0.1) is 34.4 Å². The third kappa shape index (κ3) is 3.90. The summed E-state index contributed by atoms with van der Waals surface area (Å²) < 4.78 is 34.3. The molecule has 0 aliphatic carbocycles. The zero-order valence-corrected chi connectivity index (χ0v) is 16.5. The molecule has 2 aromatic heterocycles. The summed E-state index contributed by atoms with van der Waals surface area (Å²) in [6.45, 7) is 0.959. The molecule has 0 spiro atoms. The first-order valence-electron chi connectivity index (χ1n) is 9.17.